The monoisotopic (exact) mass is 291 g/mol. The van der Waals surface area contributed by atoms with E-state index < -0.39 is 0 Å². The number of methoxy groups -OCH3 is 2. The van der Waals surface area contributed by atoms with E-state index in [1.807, 2.05) is 29.2 Å². The Balaban J connectivity index is 1.74. The maximum atomic E-state index is 12.6. The first kappa shape index (κ1) is 14.4. The van der Waals surface area contributed by atoms with E-state index in [2.05, 4.69) is 0 Å². The normalized spacial score (nSPS) is 27.7. The third-order valence-electron chi connectivity index (χ3n) is 4.58. The third kappa shape index (κ3) is 2.51. The van der Waals surface area contributed by atoms with Gasteiger partial charge in [-0.1, -0.05) is 0 Å². The van der Waals surface area contributed by atoms with Crippen LogP contribution in [0, 0.1) is 11.3 Å². The van der Waals surface area contributed by atoms with E-state index >= 15 is 0 Å². The molecule has 2 atom stereocenters. The summed E-state index contributed by atoms with van der Waals surface area (Å²) in [6, 6.07) is 7.26. The van der Waals surface area contributed by atoms with Crippen LogP contribution in [-0.4, -0.2) is 57.9 Å². The van der Waals surface area contributed by atoms with E-state index in [-0.39, 0.29) is 11.3 Å². The van der Waals surface area contributed by atoms with Crippen molar-refractivity contribution in [3.63, 3.8) is 0 Å². The van der Waals surface area contributed by atoms with Crippen LogP contribution < -0.4 is 4.74 Å². The Morgan fingerprint density at radius 3 is 2.81 bits per heavy atom. The Morgan fingerprint density at radius 1 is 1.38 bits per heavy atom. The Hall–Kier alpha value is -1.59. The van der Waals surface area contributed by atoms with E-state index in [1.165, 1.54) is 0 Å². The Kier molecular flexibility index (Phi) is 3.87. The molecular weight excluding hydrogens is 270 g/mol. The van der Waals surface area contributed by atoms with Gasteiger partial charge in [0.2, 0.25) is 0 Å². The van der Waals surface area contributed by atoms with E-state index in [9.17, 15) is 4.79 Å². The van der Waals surface area contributed by atoms with Crippen LogP contribution in [0.2, 0.25) is 0 Å². The van der Waals surface area contributed by atoms with Gasteiger partial charge < -0.3 is 19.1 Å². The van der Waals surface area contributed by atoms with Gasteiger partial charge in [-0.05, 0) is 24.3 Å². The lowest BCUT2D eigenvalue weighted by atomic mass is 9.82. The van der Waals surface area contributed by atoms with Crippen LogP contribution >= 0.6 is 0 Å². The van der Waals surface area contributed by atoms with Crippen molar-refractivity contribution in [2.24, 2.45) is 11.3 Å². The van der Waals surface area contributed by atoms with E-state index in [4.69, 9.17) is 14.2 Å². The molecule has 2 heterocycles. The molecule has 0 bridgehead atoms. The van der Waals surface area contributed by atoms with Gasteiger partial charge in [0.15, 0.2) is 0 Å². The molecule has 1 aromatic rings. The topological polar surface area (TPSA) is 48.0 Å². The van der Waals surface area contributed by atoms with Gasteiger partial charge in [-0.2, -0.15) is 0 Å². The van der Waals surface area contributed by atoms with Crippen molar-refractivity contribution in [3.05, 3.63) is 29.8 Å². The van der Waals surface area contributed by atoms with Gasteiger partial charge in [0.25, 0.3) is 5.91 Å². The lowest BCUT2D eigenvalue weighted by molar-refractivity contribution is 0.0489. The maximum absolute atomic E-state index is 12.6. The number of hydrogen-bond donors (Lipinski definition) is 0. The average Bonchev–Trinajstić information content (AvgIpc) is 3.03. The highest BCUT2D eigenvalue weighted by Gasteiger charge is 2.51. The number of carbonyl (C=O) groups is 1. The van der Waals surface area contributed by atoms with Crippen molar-refractivity contribution < 1.29 is 19.0 Å². The first-order valence-electron chi connectivity index (χ1n) is 7.18. The number of hydrogen-bond acceptors (Lipinski definition) is 4. The predicted octanol–water partition coefficient (Wildman–Crippen LogP) is 1.43. The number of carbonyl (C=O) groups excluding carboxylic acids is 1. The molecule has 2 fully saturated rings. The number of ether oxygens (including phenoxy) is 3. The van der Waals surface area contributed by atoms with Crippen LogP contribution in [0.25, 0.3) is 0 Å². The number of fused-ring (bicyclic) bond motifs is 1. The Bertz CT molecular complexity index is 516. The molecule has 0 aliphatic carbocycles. The maximum Gasteiger partial charge on any atom is 0.253 e. The predicted molar refractivity (Wildman–Crippen MR) is 77.5 cm³/mol. The third-order valence-corrected chi connectivity index (χ3v) is 4.58. The fourth-order valence-corrected chi connectivity index (χ4v) is 3.39. The van der Waals surface area contributed by atoms with E-state index in [1.54, 1.807) is 14.2 Å². The zero-order valence-electron chi connectivity index (χ0n) is 12.5. The molecule has 0 unspecified atom stereocenters. The van der Waals surface area contributed by atoms with Crippen molar-refractivity contribution in [1.82, 2.24) is 4.90 Å². The van der Waals surface area contributed by atoms with E-state index in [0.29, 0.717) is 31.2 Å². The highest BCUT2D eigenvalue weighted by Crippen LogP contribution is 2.41. The average molecular weight is 291 g/mol. The summed E-state index contributed by atoms with van der Waals surface area (Å²) in [4.78, 5) is 14.6. The fourth-order valence-electron chi connectivity index (χ4n) is 3.39. The summed E-state index contributed by atoms with van der Waals surface area (Å²) in [6.07, 6.45) is 0. The van der Waals surface area contributed by atoms with Crippen LogP contribution in [-0.2, 0) is 9.47 Å². The molecule has 2 saturated heterocycles. The molecule has 21 heavy (non-hydrogen) atoms. The molecule has 0 spiro atoms. The summed E-state index contributed by atoms with van der Waals surface area (Å²) < 4.78 is 16.1. The molecule has 2 aliphatic rings. The number of nitrogens with zero attached hydrogens (tertiary/aromatic N) is 1. The Labute approximate surface area is 124 Å². The molecule has 5 nitrogen and oxygen atoms in total. The summed E-state index contributed by atoms with van der Waals surface area (Å²) in [6.45, 7) is 3.49. The van der Waals surface area contributed by atoms with Crippen LogP contribution in [0.3, 0.4) is 0 Å². The lowest BCUT2D eigenvalue weighted by Gasteiger charge is -2.26. The summed E-state index contributed by atoms with van der Waals surface area (Å²) in [5.74, 6) is 1.20. The van der Waals surface area contributed by atoms with Gasteiger partial charge in [-0.3, -0.25) is 4.79 Å². The highest BCUT2D eigenvalue weighted by atomic mass is 16.5. The van der Waals surface area contributed by atoms with E-state index in [0.717, 1.165) is 18.9 Å². The van der Waals surface area contributed by atoms with Crippen molar-refractivity contribution in [2.75, 3.05) is 47.1 Å². The van der Waals surface area contributed by atoms with Crippen LogP contribution in [0.1, 0.15) is 10.4 Å². The van der Waals surface area contributed by atoms with Crippen molar-refractivity contribution in [2.45, 2.75) is 0 Å². The molecule has 0 aromatic heterocycles. The quantitative estimate of drug-likeness (QED) is 0.842. The van der Waals surface area contributed by atoms with Crippen molar-refractivity contribution in [1.29, 1.82) is 0 Å². The van der Waals surface area contributed by atoms with Gasteiger partial charge in [0.1, 0.15) is 5.75 Å². The number of amides is 1. The second-order valence-electron chi connectivity index (χ2n) is 5.92. The molecule has 0 saturated carbocycles. The fraction of sp³-hybridized carbons (Fsp3) is 0.562. The van der Waals surface area contributed by atoms with Crippen LogP contribution in [0.15, 0.2) is 24.3 Å². The minimum Gasteiger partial charge on any atom is -0.497 e. The standard InChI is InChI=1S/C16H21NO4/c1-19-10-16-9-17(7-13(16)8-21-11-16)15(18)12-3-5-14(20-2)6-4-12/h3-6,13H,7-11H2,1-2H3/t13-,16-/m0/s1. The molecule has 1 amide bonds. The molecule has 1 aromatic carbocycles. The van der Waals surface area contributed by atoms with Gasteiger partial charge in [-0.25, -0.2) is 0 Å². The van der Waals surface area contributed by atoms with Crippen molar-refractivity contribution in [3.8, 4) is 5.75 Å². The van der Waals surface area contributed by atoms with Gasteiger partial charge in [0.05, 0.1) is 26.9 Å². The number of rotatable bonds is 4. The zero-order valence-corrected chi connectivity index (χ0v) is 12.5. The minimum atomic E-state index is -0.0309. The highest BCUT2D eigenvalue weighted by molar-refractivity contribution is 5.94. The summed E-state index contributed by atoms with van der Waals surface area (Å²) in [5.41, 5.74) is 0.668. The first-order chi connectivity index (χ1) is 10.2. The number of likely N-dealkylation sites (tertiary alicyclic amines) is 1. The molecule has 0 N–H and O–H groups in total. The number of benzene rings is 1. The zero-order chi connectivity index (χ0) is 14.9. The largest absolute Gasteiger partial charge is 0.497 e. The second-order valence-corrected chi connectivity index (χ2v) is 5.92. The van der Waals surface area contributed by atoms with Gasteiger partial charge in [-0.15, -0.1) is 0 Å². The Morgan fingerprint density at radius 2 is 2.14 bits per heavy atom. The summed E-state index contributed by atoms with van der Waals surface area (Å²) in [7, 11) is 3.32. The summed E-state index contributed by atoms with van der Waals surface area (Å²) >= 11 is 0. The van der Waals surface area contributed by atoms with Crippen LogP contribution in [0.4, 0.5) is 0 Å². The molecule has 0 radical (unpaired) electrons. The molecule has 114 valence electrons. The van der Waals surface area contributed by atoms with Crippen LogP contribution in [0.5, 0.6) is 5.75 Å². The molecule has 5 heteroatoms. The first-order valence-corrected chi connectivity index (χ1v) is 7.18. The molecular formula is C16H21NO4. The van der Waals surface area contributed by atoms with Gasteiger partial charge >= 0.3 is 0 Å². The molecule has 3 rings (SSSR count). The minimum absolute atomic E-state index is 0.0309. The SMILES string of the molecule is COC[C@@]12COC[C@@H]1CN(C(=O)c1ccc(OC)cc1)C2. The summed E-state index contributed by atoms with van der Waals surface area (Å²) in [5, 5.41) is 0. The van der Waals surface area contributed by atoms with Gasteiger partial charge in [0, 0.05) is 37.1 Å². The second kappa shape index (κ2) is 5.66. The molecule has 2 aliphatic heterocycles. The smallest absolute Gasteiger partial charge is 0.253 e. The lowest BCUT2D eigenvalue weighted by Crippen LogP contribution is -2.37. The van der Waals surface area contributed by atoms with Crippen molar-refractivity contribution >= 4 is 5.91 Å².